The zero-order valence-corrected chi connectivity index (χ0v) is 17.8. The van der Waals surface area contributed by atoms with Crippen molar-refractivity contribution in [1.29, 1.82) is 0 Å². The first-order valence-corrected chi connectivity index (χ1v) is 10.9. The van der Waals surface area contributed by atoms with Gasteiger partial charge in [-0.3, -0.25) is 9.36 Å². The summed E-state index contributed by atoms with van der Waals surface area (Å²) in [7, 11) is -4.00. The van der Waals surface area contributed by atoms with E-state index in [1.54, 1.807) is 27.7 Å². The third-order valence-electron chi connectivity index (χ3n) is 4.10. The van der Waals surface area contributed by atoms with E-state index in [4.69, 9.17) is 14.0 Å². The molecule has 1 saturated heterocycles. The summed E-state index contributed by atoms with van der Waals surface area (Å²) in [5, 5.41) is 22.6. The molecule has 2 heterocycles. The topological polar surface area (TPSA) is 138 Å². The van der Waals surface area contributed by atoms with Crippen LogP contribution in [0.2, 0.25) is 0 Å². The van der Waals surface area contributed by atoms with E-state index in [1.165, 1.54) is 17.2 Å². The molecule has 2 aliphatic rings. The molecule has 4 N–H and O–H groups in total. The van der Waals surface area contributed by atoms with Crippen LogP contribution in [0.3, 0.4) is 0 Å². The average molecular weight is 432 g/mol. The van der Waals surface area contributed by atoms with Crippen LogP contribution in [0.1, 0.15) is 27.7 Å². The number of rotatable bonds is 8. The SMILES string of the molecule is C=C1NC(=O)C(CO)=CN1[C@@H]1O[C@H](/C=C/P(=O)(O)OC(C)C)C(OC(C)C)[C@@H]1O. The number of nitrogens with one attached hydrogen (secondary N) is 1. The van der Waals surface area contributed by atoms with Gasteiger partial charge in [-0.1, -0.05) is 6.58 Å². The van der Waals surface area contributed by atoms with E-state index < -0.39 is 50.8 Å². The van der Waals surface area contributed by atoms with Gasteiger partial charge in [0.1, 0.15) is 24.1 Å². The van der Waals surface area contributed by atoms with Gasteiger partial charge in [0.15, 0.2) is 6.23 Å². The molecule has 0 aromatic carbocycles. The Bertz CT molecular complexity index is 735. The van der Waals surface area contributed by atoms with Crippen LogP contribution < -0.4 is 5.32 Å². The zero-order valence-electron chi connectivity index (χ0n) is 16.9. The molecular formula is C18H29N2O8P. The van der Waals surface area contributed by atoms with E-state index in [9.17, 15) is 24.5 Å². The summed E-state index contributed by atoms with van der Waals surface area (Å²) in [6.07, 6.45) is -1.96. The van der Waals surface area contributed by atoms with Crippen molar-refractivity contribution in [2.24, 2.45) is 0 Å². The predicted octanol–water partition coefficient (Wildman–Crippen LogP) is 0.769. The Morgan fingerprint density at radius 1 is 1.38 bits per heavy atom. The molecule has 5 atom stereocenters. The van der Waals surface area contributed by atoms with Crippen LogP contribution in [-0.4, -0.2) is 69.3 Å². The number of aliphatic hydroxyl groups excluding tert-OH is 2. The van der Waals surface area contributed by atoms with Gasteiger partial charge in [-0.15, -0.1) is 0 Å². The minimum atomic E-state index is -4.00. The quantitative estimate of drug-likeness (QED) is 0.410. The maximum absolute atomic E-state index is 12.1. The van der Waals surface area contributed by atoms with Crippen molar-refractivity contribution in [3.05, 3.63) is 36.1 Å². The third kappa shape index (κ3) is 5.99. The molecule has 11 heteroatoms. The Morgan fingerprint density at radius 2 is 2.03 bits per heavy atom. The van der Waals surface area contributed by atoms with Gasteiger partial charge in [0.2, 0.25) is 0 Å². The molecule has 2 aliphatic heterocycles. The van der Waals surface area contributed by atoms with E-state index >= 15 is 0 Å². The van der Waals surface area contributed by atoms with Crippen molar-refractivity contribution in [3.8, 4) is 0 Å². The van der Waals surface area contributed by atoms with Crippen LogP contribution in [0, 0.1) is 0 Å². The molecule has 164 valence electrons. The second-order valence-corrected chi connectivity index (χ2v) is 8.95. The maximum atomic E-state index is 12.1. The standard InChI is InChI=1S/C18H29N2O8P/c1-10(2)26-16-14(6-7-29(24,25)28-11(3)4)27-18(15(16)22)20-8-13(9-21)17(23)19-12(20)5/h6-8,10-11,14-16,18,21-22H,5,9H2,1-4H3,(H,19,23)(H,24,25)/b7-6+/t14-,15+,16?,18-/m1/s1. The Hall–Kier alpha value is -1.52. The lowest BCUT2D eigenvalue weighted by Gasteiger charge is -2.34. The molecule has 0 bridgehead atoms. The molecule has 10 nitrogen and oxygen atoms in total. The van der Waals surface area contributed by atoms with Crippen molar-refractivity contribution in [3.63, 3.8) is 0 Å². The number of hydrogen-bond acceptors (Lipinski definition) is 8. The van der Waals surface area contributed by atoms with Gasteiger partial charge < -0.3 is 39.3 Å². The minimum absolute atomic E-state index is 0.0683. The lowest BCUT2D eigenvalue weighted by atomic mass is 10.1. The van der Waals surface area contributed by atoms with Gasteiger partial charge in [-0.05, 0) is 33.8 Å². The second-order valence-electron chi connectivity index (χ2n) is 7.31. The highest BCUT2D eigenvalue weighted by Crippen LogP contribution is 2.45. The van der Waals surface area contributed by atoms with Gasteiger partial charge in [0.25, 0.3) is 5.91 Å². The summed E-state index contributed by atoms with van der Waals surface area (Å²) in [5.41, 5.74) is 0.0683. The molecule has 0 aromatic rings. The number of carbonyl (C=O) groups is 1. The first-order chi connectivity index (χ1) is 13.4. The van der Waals surface area contributed by atoms with E-state index in [1.807, 2.05) is 0 Å². The van der Waals surface area contributed by atoms with Crippen LogP contribution in [0.25, 0.3) is 0 Å². The van der Waals surface area contributed by atoms with Crippen LogP contribution in [-0.2, 0) is 23.4 Å². The summed E-state index contributed by atoms with van der Waals surface area (Å²) in [6.45, 7) is 10.1. The highest BCUT2D eigenvalue weighted by molar-refractivity contribution is 7.56. The number of hydrogen-bond donors (Lipinski definition) is 4. The molecule has 1 amide bonds. The molecule has 2 rings (SSSR count). The number of ether oxygens (including phenoxy) is 2. The Balaban J connectivity index is 2.29. The van der Waals surface area contributed by atoms with E-state index in [0.717, 1.165) is 5.82 Å². The van der Waals surface area contributed by atoms with Crippen LogP contribution in [0.15, 0.2) is 36.1 Å². The monoisotopic (exact) mass is 432 g/mol. The maximum Gasteiger partial charge on any atom is 0.351 e. The largest absolute Gasteiger partial charge is 0.391 e. The lowest BCUT2D eigenvalue weighted by Crippen LogP contribution is -2.48. The van der Waals surface area contributed by atoms with E-state index in [2.05, 4.69) is 11.9 Å². The van der Waals surface area contributed by atoms with Crippen LogP contribution in [0.5, 0.6) is 0 Å². The first kappa shape index (κ1) is 23.8. The van der Waals surface area contributed by atoms with Crippen LogP contribution in [0.4, 0.5) is 0 Å². The third-order valence-corrected chi connectivity index (χ3v) is 5.38. The highest BCUT2D eigenvalue weighted by Gasteiger charge is 2.47. The summed E-state index contributed by atoms with van der Waals surface area (Å²) in [6, 6.07) is 0. The number of nitrogens with zero attached hydrogens (tertiary/aromatic N) is 1. The number of aliphatic hydroxyl groups is 2. The van der Waals surface area contributed by atoms with Gasteiger partial charge in [0.05, 0.1) is 24.4 Å². The molecule has 0 radical (unpaired) electrons. The molecule has 0 saturated carbocycles. The highest BCUT2D eigenvalue weighted by atomic mass is 31.2. The van der Waals surface area contributed by atoms with Gasteiger partial charge >= 0.3 is 7.60 Å². The Labute approximate surface area is 170 Å². The fourth-order valence-electron chi connectivity index (χ4n) is 2.98. The fourth-order valence-corrected chi connectivity index (χ4v) is 4.05. The molecular weight excluding hydrogens is 403 g/mol. The first-order valence-electron chi connectivity index (χ1n) is 9.24. The van der Waals surface area contributed by atoms with Crippen molar-refractivity contribution in [1.82, 2.24) is 10.2 Å². The van der Waals surface area contributed by atoms with Crippen molar-refractivity contribution >= 4 is 13.5 Å². The lowest BCUT2D eigenvalue weighted by molar-refractivity contribution is -0.119. The summed E-state index contributed by atoms with van der Waals surface area (Å²) >= 11 is 0. The Kier molecular flexibility index (Phi) is 7.80. The molecule has 0 aromatic heterocycles. The van der Waals surface area contributed by atoms with Crippen molar-refractivity contribution in [2.45, 2.75) is 64.4 Å². The average Bonchev–Trinajstić information content (AvgIpc) is 2.88. The van der Waals surface area contributed by atoms with Crippen molar-refractivity contribution < 1.29 is 38.5 Å². The normalized spacial score (nSPS) is 30.2. The zero-order chi connectivity index (χ0) is 21.9. The molecule has 0 aliphatic carbocycles. The van der Waals surface area contributed by atoms with Crippen molar-refractivity contribution in [2.75, 3.05) is 6.61 Å². The summed E-state index contributed by atoms with van der Waals surface area (Å²) < 4.78 is 28.7. The van der Waals surface area contributed by atoms with Crippen LogP contribution >= 0.6 is 7.60 Å². The smallest absolute Gasteiger partial charge is 0.351 e. The van der Waals surface area contributed by atoms with E-state index in [0.29, 0.717) is 0 Å². The van der Waals surface area contributed by atoms with E-state index in [-0.39, 0.29) is 17.5 Å². The fraction of sp³-hybridized carbons (Fsp3) is 0.611. The molecule has 0 spiro atoms. The molecule has 1 fully saturated rings. The van der Waals surface area contributed by atoms with Gasteiger partial charge in [-0.2, -0.15) is 0 Å². The molecule has 2 unspecified atom stereocenters. The number of amides is 1. The minimum Gasteiger partial charge on any atom is -0.391 e. The van der Waals surface area contributed by atoms with Gasteiger partial charge in [0, 0.05) is 12.0 Å². The molecule has 29 heavy (non-hydrogen) atoms. The van der Waals surface area contributed by atoms with Gasteiger partial charge in [-0.25, -0.2) is 0 Å². The summed E-state index contributed by atoms with van der Waals surface area (Å²) in [5.74, 6) is 0.658. The Morgan fingerprint density at radius 3 is 2.59 bits per heavy atom. The summed E-state index contributed by atoms with van der Waals surface area (Å²) in [4.78, 5) is 23.1. The number of carbonyl (C=O) groups excluding carboxylic acids is 1. The second kappa shape index (κ2) is 9.53. The predicted molar refractivity (Wildman–Crippen MR) is 104 cm³/mol.